The highest BCUT2D eigenvalue weighted by molar-refractivity contribution is 6.36. The Balaban J connectivity index is 0.00000200. The van der Waals surface area contributed by atoms with Gasteiger partial charge in [0.15, 0.2) is 0 Å². The largest absolute Gasteiger partial charge is 0.349 e. The Hall–Kier alpha value is -0.550. The molecule has 0 spiro atoms. The molecule has 1 aliphatic rings. The maximum Gasteiger partial charge on any atom is 0.224 e. The summed E-state index contributed by atoms with van der Waals surface area (Å²) in [5.74, 6) is -0.646. The van der Waals surface area contributed by atoms with Gasteiger partial charge in [0.25, 0.3) is 0 Å². The third-order valence-electron chi connectivity index (χ3n) is 3.30. The minimum absolute atomic E-state index is 0. The Bertz CT molecular complexity index is 493. The van der Waals surface area contributed by atoms with Gasteiger partial charge in [-0.05, 0) is 32.0 Å². The van der Waals surface area contributed by atoms with E-state index in [1.54, 1.807) is 6.92 Å². The second-order valence-electron chi connectivity index (χ2n) is 4.68. The van der Waals surface area contributed by atoms with Gasteiger partial charge in [0.2, 0.25) is 5.91 Å². The first-order valence-electron chi connectivity index (χ1n) is 6.15. The van der Waals surface area contributed by atoms with Crippen molar-refractivity contribution in [2.45, 2.75) is 19.4 Å². The molecule has 2 rings (SSSR count). The molecule has 1 amide bonds. The van der Waals surface area contributed by atoms with Crippen LogP contribution in [0.4, 0.5) is 4.39 Å². The predicted octanol–water partition coefficient (Wildman–Crippen LogP) is 3.34. The van der Waals surface area contributed by atoms with E-state index in [0.717, 1.165) is 13.0 Å². The quantitative estimate of drug-likeness (QED) is 0.828. The molecule has 1 saturated heterocycles. The van der Waals surface area contributed by atoms with E-state index in [9.17, 15) is 9.18 Å². The highest BCUT2D eigenvalue weighted by Crippen LogP contribution is 2.32. The van der Waals surface area contributed by atoms with Crippen LogP contribution in [0, 0.1) is 11.7 Å². The fourth-order valence-corrected chi connectivity index (χ4v) is 2.92. The molecule has 1 aromatic rings. The van der Waals surface area contributed by atoms with Gasteiger partial charge in [0.05, 0.1) is 17.0 Å². The molecule has 1 fully saturated rings. The Morgan fingerprint density at radius 3 is 2.80 bits per heavy atom. The molecule has 1 aromatic carbocycles. The van der Waals surface area contributed by atoms with E-state index in [1.165, 1.54) is 12.1 Å². The molecule has 0 radical (unpaired) electrons. The lowest BCUT2D eigenvalue weighted by Gasteiger charge is -2.19. The van der Waals surface area contributed by atoms with E-state index in [4.69, 9.17) is 23.2 Å². The van der Waals surface area contributed by atoms with Crippen LogP contribution in [-0.4, -0.2) is 19.0 Å². The normalized spacial score (nSPS) is 19.3. The lowest BCUT2D eigenvalue weighted by molar-refractivity contribution is -0.125. The maximum absolute atomic E-state index is 13.4. The molecule has 1 heterocycles. The SMILES string of the molecule is CC(NC(=O)C1CCNC1)c1c(Cl)ccc(F)c1Cl.Cl. The van der Waals surface area contributed by atoms with Crippen molar-refractivity contribution in [1.82, 2.24) is 10.6 Å². The summed E-state index contributed by atoms with van der Waals surface area (Å²) < 4.78 is 13.4. The third-order valence-corrected chi connectivity index (χ3v) is 4.02. The molecule has 0 aromatic heterocycles. The Morgan fingerprint density at radius 1 is 1.50 bits per heavy atom. The predicted molar refractivity (Wildman–Crippen MR) is 81.2 cm³/mol. The van der Waals surface area contributed by atoms with Gasteiger partial charge in [-0.15, -0.1) is 12.4 Å². The first-order valence-corrected chi connectivity index (χ1v) is 6.90. The minimum atomic E-state index is -0.537. The molecule has 0 saturated carbocycles. The Kier molecular flexibility index (Phi) is 6.52. The van der Waals surface area contributed by atoms with Gasteiger partial charge in [0, 0.05) is 17.1 Å². The van der Waals surface area contributed by atoms with Crippen LogP contribution in [0.1, 0.15) is 24.9 Å². The van der Waals surface area contributed by atoms with E-state index in [1.807, 2.05) is 0 Å². The monoisotopic (exact) mass is 340 g/mol. The summed E-state index contributed by atoms with van der Waals surface area (Å²) in [6.45, 7) is 3.25. The Morgan fingerprint density at radius 2 is 2.20 bits per heavy atom. The molecule has 0 bridgehead atoms. The van der Waals surface area contributed by atoms with E-state index in [-0.39, 0.29) is 29.3 Å². The first-order chi connectivity index (χ1) is 9.00. The van der Waals surface area contributed by atoms with Crippen molar-refractivity contribution in [3.05, 3.63) is 33.6 Å². The number of hydrogen-bond acceptors (Lipinski definition) is 2. The van der Waals surface area contributed by atoms with Crippen LogP contribution in [0.2, 0.25) is 10.0 Å². The van der Waals surface area contributed by atoms with Crippen LogP contribution in [0.3, 0.4) is 0 Å². The van der Waals surface area contributed by atoms with Gasteiger partial charge in [-0.25, -0.2) is 4.39 Å². The van der Waals surface area contributed by atoms with E-state index in [0.29, 0.717) is 17.1 Å². The van der Waals surface area contributed by atoms with Crippen molar-refractivity contribution in [3.8, 4) is 0 Å². The molecule has 2 N–H and O–H groups in total. The van der Waals surface area contributed by atoms with Crippen LogP contribution >= 0.6 is 35.6 Å². The van der Waals surface area contributed by atoms with Crippen LogP contribution < -0.4 is 10.6 Å². The molecule has 1 aliphatic heterocycles. The molecule has 2 unspecified atom stereocenters. The molecule has 2 atom stereocenters. The molecular formula is C13H16Cl3FN2O. The van der Waals surface area contributed by atoms with Crippen molar-refractivity contribution in [1.29, 1.82) is 0 Å². The van der Waals surface area contributed by atoms with Gasteiger partial charge < -0.3 is 10.6 Å². The van der Waals surface area contributed by atoms with Crippen molar-refractivity contribution in [2.75, 3.05) is 13.1 Å². The number of nitrogens with one attached hydrogen (secondary N) is 2. The molecule has 112 valence electrons. The van der Waals surface area contributed by atoms with Gasteiger partial charge in [-0.3, -0.25) is 4.79 Å². The van der Waals surface area contributed by atoms with Gasteiger partial charge >= 0.3 is 0 Å². The summed E-state index contributed by atoms with van der Waals surface area (Å²) in [6.07, 6.45) is 0.809. The standard InChI is InChI=1S/C13H15Cl2FN2O.ClH/c1-7(18-13(19)8-4-5-17-6-8)11-9(14)2-3-10(16)12(11)15;/h2-3,7-8,17H,4-6H2,1H3,(H,18,19);1H. The fourth-order valence-electron chi connectivity index (χ4n) is 2.22. The minimum Gasteiger partial charge on any atom is -0.349 e. The third kappa shape index (κ3) is 3.76. The molecule has 0 aliphatic carbocycles. The zero-order chi connectivity index (χ0) is 14.0. The number of benzene rings is 1. The first kappa shape index (κ1) is 17.5. The summed E-state index contributed by atoms with van der Waals surface area (Å²) >= 11 is 11.9. The average molecular weight is 342 g/mol. The number of carbonyl (C=O) groups excluding carboxylic acids is 1. The average Bonchev–Trinajstić information content (AvgIpc) is 2.88. The van der Waals surface area contributed by atoms with Crippen molar-refractivity contribution < 1.29 is 9.18 Å². The molecular weight excluding hydrogens is 326 g/mol. The summed E-state index contributed by atoms with van der Waals surface area (Å²) in [7, 11) is 0. The highest BCUT2D eigenvalue weighted by atomic mass is 35.5. The lowest BCUT2D eigenvalue weighted by Crippen LogP contribution is -2.34. The molecule has 7 heteroatoms. The zero-order valence-corrected chi connectivity index (χ0v) is 13.2. The second-order valence-corrected chi connectivity index (χ2v) is 5.46. The van der Waals surface area contributed by atoms with Crippen LogP contribution in [0.25, 0.3) is 0 Å². The number of amides is 1. The van der Waals surface area contributed by atoms with Gasteiger partial charge in [0.1, 0.15) is 5.82 Å². The summed E-state index contributed by atoms with van der Waals surface area (Å²) in [5.41, 5.74) is 0.419. The van der Waals surface area contributed by atoms with Crippen molar-refractivity contribution >= 4 is 41.5 Å². The molecule has 20 heavy (non-hydrogen) atoms. The van der Waals surface area contributed by atoms with Crippen LogP contribution in [0.5, 0.6) is 0 Å². The van der Waals surface area contributed by atoms with Gasteiger partial charge in [-0.1, -0.05) is 23.2 Å². The van der Waals surface area contributed by atoms with Crippen molar-refractivity contribution in [2.24, 2.45) is 5.92 Å². The summed E-state index contributed by atoms with van der Waals surface area (Å²) in [5, 5.41) is 6.27. The topological polar surface area (TPSA) is 41.1 Å². The number of carbonyl (C=O) groups is 1. The second kappa shape index (κ2) is 7.46. The van der Waals surface area contributed by atoms with E-state index >= 15 is 0 Å². The maximum atomic E-state index is 13.4. The van der Waals surface area contributed by atoms with E-state index in [2.05, 4.69) is 10.6 Å². The highest BCUT2D eigenvalue weighted by Gasteiger charge is 2.25. The number of rotatable bonds is 3. The Labute approximate surface area is 133 Å². The number of hydrogen-bond donors (Lipinski definition) is 2. The molecule has 3 nitrogen and oxygen atoms in total. The summed E-state index contributed by atoms with van der Waals surface area (Å²) in [4.78, 5) is 12.0. The van der Waals surface area contributed by atoms with Crippen LogP contribution in [0.15, 0.2) is 12.1 Å². The zero-order valence-electron chi connectivity index (χ0n) is 10.9. The van der Waals surface area contributed by atoms with Crippen LogP contribution in [-0.2, 0) is 4.79 Å². The lowest BCUT2D eigenvalue weighted by atomic mass is 10.0. The van der Waals surface area contributed by atoms with Gasteiger partial charge in [-0.2, -0.15) is 0 Å². The number of halogens is 4. The smallest absolute Gasteiger partial charge is 0.224 e. The van der Waals surface area contributed by atoms with Crippen molar-refractivity contribution in [3.63, 3.8) is 0 Å². The summed E-state index contributed by atoms with van der Waals surface area (Å²) in [6, 6.07) is 2.23. The fraction of sp³-hybridized carbons (Fsp3) is 0.462. The van der Waals surface area contributed by atoms with E-state index < -0.39 is 11.9 Å².